The molecule has 1 aliphatic rings. The van der Waals surface area contributed by atoms with Crippen LogP contribution in [0.15, 0.2) is 29.4 Å². The second-order valence-electron chi connectivity index (χ2n) is 5.73. The van der Waals surface area contributed by atoms with E-state index in [1.807, 2.05) is 0 Å². The van der Waals surface area contributed by atoms with E-state index in [0.717, 1.165) is 5.71 Å². The first-order valence-electron chi connectivity index (χ1n) is 6.28. The van der Waals surface area contributed by atoms with Crippen molar-refractivity contribution >= 4 is 14.0 Å². The molecule has 1 atom stereocenters. The second-order valence-corrected chi connectivity index (χ2v) is 10.1. The number of aryl methyl sites for hydroxylation is 1. The first-order chi connectivity index (χ1) is 7.97. The molecule has 1 aliphatic carbocycles. The molecule has 17 heavy (non-hydrogen) atoms. The van der Waals surface area contributed by atoms with Crippen LogP contribution in [-0.4, -0.2) is 14.0 Å². The van der Waals surface area contributed by atoms with E-state index in [-0.39, 0.29) is 0 Å². The van der Waals surface area contributed by atoms with Crippen molar-refractivity contribution in [1.29, 1.82) is 0 Å². The predicted molar refractivity (Wildman–Crippen MR) is 75.0 cm³/mol. The molecule has 0 spiro atoms. The fourth-order valence-corrected chi connectivity index (χ4v) is 2.68. The van der Waals surface area contributed by atoms with Gasteiger partial charge in [0.2, 0.25) is 0 Å². The molecule has 0 bridgehead atoms. The van der Waals surface area contributed by atoms with Gasteiger partial charge in [-0.1, -0.05) is 24.3 Å². The van der Waals surface area contributed by atoms with E-state index in [0.29, 0.717) is 5.92 Å². The lowest BCUT2D eigenvalue weighted by Crippen LogP contribution is -2.23. The van der Waals surface area contributed by atoms with Crippen molar-refractivity contribution < 1.29 is 4.53 Å². The molecule has 0 radical (unpaired) electrons. The Morgan fingerprint density at radius 3 is 2.71 bits per heavy atom. The molecule has 0 fully saturated rings. The van der Waals surface area contributed by atoms with E-state index in [9.17, 15) is 0 Å². The van der Waals surface area contributed by atoms with Crippen LogP contribution in [0.25, 0.3) is 0 Å². The molecule has 0 saturated heterocycles. The molecule has 0 aromatic heterocycles. The normalized spacial score (nSPS) is 20.2. The third-order valence-corrected chi connectivity index (χ3v) is 3.74. The van der Waals surface area contributed by atoms with E-state index >= 15 is 0 Å². The van der Waals surface area contributed by atoms with Gasteiger partial charge in [0.15, 0.2) is 0 Å². The van der Waals surface area contributed by atoms with E-state index in [1.54, 1.807) is 0 Å². The fourth-order valence-electron chi connectivity index (χ4n) is 2.26. The highest BCUT2D eigenvalue weighted by molar-refractivity contribution is 6.69. The molecule has 2 nitrogen and oxygen atoms in total. The first kappa shape index (κ1) is 12.4. The molecule has 1 aromatic rings. The Morgan fingerprint density at radius 2 is 2.00 bits per heavy atom. The Balaban J connectivity index is 2.15. The highest BCUT2D eigenvalue weighted by Gasteiger charge is 2.25. The maximum Gasteiger partial charge on any atom is 0.278 e. The predicted octanol–water partition coefficient (Wildman–Crippen LogP) is 3.94. The van der Waals surface area contributed by atoms with Crippen LogP contribution in [0.1, 0.15) is 30.4 Å². The number of oxime groups is 1. The number of benzene rings is 1. The zero-order valence-electron chi connectivity index (χ0n) is 11.2. The Labute approximate surface area is 105 Å². The summed E-state index contributed by atoms with van der Waals surface area (Å²) in [7, 11) is -1.55. The van der Waals surface area contributed by atoms with Gasteiger partial charge in [-0.05, 0) is 50.5 Å². The average molecular weight is 247 g/mol. The highest BCUT2D eigenvalue weighted by atomic mass is 28.4. The van der Waals surface area contributed by atoms with E-state index < -0.39 is 8.32 Å². The lowest BCUT2D eigenvalue weighted by atomic mass is 9.97. The maximum atomic E-state index is 5.65. The minimum atomic E-state index is -1.55. The van der Waals surface area contributed by atoms with Crippen molar-refractivity contribution in [3.05, 3.63) is 35.4 Å². The fraction of sp³-hybridized carbons (Fsp3) is 0.500. The van der Waals surface area contributed by atoms with Gasteiger partial charge in [-0.3, -0.25) is 0 Å². The van der Waals surface area contributed by atoms with Gasteiger partial charge in [0.05, 0.1) is 5.71 Å². The summed E-state index contributed by atoms with van der Waals surface area (Å²) in [6.45, 7) is 8.57. The summed E-state index contributed by atoms with van der Waals surface area (Å²) in [4.78, 5) is 0. The molecule has 92 valence electrons. The van der Waals surface area contributed by atoms with Gasteiger partial charge in [-0.2, -0.15) is 0 Å². The van der Waals surface area contributed by atoms with Gasteiger partial charge in [-0.25, -0.2) is 0 Å². The summed E-state index contributed by atoms with van der Waals surface area (Å²) in [5, 5.41) is 4.35. The summed E-state index contributed by atoms with van der Waals surface area (Å²) in [6, 6.07) is 8.68. The minimum Gasteiger partial charge on any atom is -0.456 e. The van der Waals surface area contributed by atoms with Crippen molar-refractivity contribution in [3.63, 3.8) is 0 Å². The number of hydrogen-bond acceptors (Lipinski definition) is 2. The van der Waals surface area contributed by atoms with Crippen molar-refractivity contribution in [3.8, 4) is 0 Å². The standard InChI is InChI=1S/C14H21NOSi/c1-11(15-16-17(2,3)4)13-10-9-12-7-5-6-8-14(12)13/h5-8,13H,9-10H2,1-4H3. The number of fused-ring (bicyclic) bond motifs is 1. The van der Waals surface area contributed by atoms with E-state index in [2.05, 4.69) is 56.0 Å². The lowest BCUT2D eigenvalue weighted by Gasteiger charge is -2.16. The van der Waals surface area contributed by atoms with Crippen LogP contribution in [0.3, 0.4) is 0 Å². The summed E-state index contributed by atoms with van der Waals surface area (Å²) in [5.41, 5.74) is 4.03. The van der Waals surface area contributed by atoms with Crippen molar-refractivity contribution in [1.82, 2.24) is 0 Å². The van der Waals surface area contributed by atoms with E-state index in [1.165, 1.54) is 24.0 Å². The summed E-state index contributed by atoms with van der Waals surface area (Å²) < 4.78 is 5.65. The molecular weight excluding hydrogens is 226 g/mol. The van der Waals surface area contributed by atoms with Gasteiger partial charge >= 0.3 is 0 Å². The van der Waals surface area contributed by atoms with Gasteiger partial charge in [-0.15, -0.1) is 5.16 Å². The molecule has 3 heteroatoms. The van der Waals surface area contributed by atoms with Gasteiger partial charge in [0.1, 0.15) is 0 Å². The first-order valence-corrected chi connectivity index (χ1v) is 9.69. The van der Waals surface area contributed by atoms with Crippen LogP contribution < -0.4 is 0 Å². The molecule has 0 saturated carbocycles. The zero-order valence-corrected chi connectivity index (χ0v) is 12.2. The lowest BCUT2D eigenvalue weighted by molar-refractivity contribution is 0.332. The van der Waals surface area contributed by atoms with Crippen molar-refractivity contribution in [2.45, 2.75) is 45.3 Å². The quantitative estimate of drug-likeness (QED) is 0.450. The third-order valence-electron chi connectivity index (χ3n) is 3.10. The Bertz CT molecular complexity index is 434. The Morgan fingerprint density at radius 1 is 1.29 bits per heavy atom. The van der Waals surface area contributed by atoms with Crippen LogP contribution in [0, 0.1) is 0 Å². The molecule has 1 aromatic carbocycles. The molecule has 0 amide bonds. The number of rotatable bonds is 3. The summed E-state index contributed by atoms with van der Waals surface area (Å²) in [6.07, 6.45) is 2.34. The number of nitrogens with zero attached hydrogens (tertiary/aromatic N) is 1. The van der Waals surface area contributed by atoms with Gasteiger partial charge in [0.25, 0.3) is 8.32 Å². The van der Waals surface area contributed by atoms with E-state index in [4.69, 9.17) is 4.53 Å². The molecule has 0 aliphatic heterocycles. The van der Waals surface area contributed by atoms with Crippen molar-refractivity contribution in [2.75, 3.05) is 0 Å². The van der Waals surface area contributed by atoms with Crippen LogP contribution >= 0.6 is 0 Å². The summed E-state index contributed by atoms with van der Waals surface area (Å²) >= 11 is 0. The van der Waals surface area contributed by atoms with Crippen LogP contribution in [0.5, 0.6) is 0 Å². The number of hydrogen-bond donors (Lipinski definition) is 0. The monoisotopic (exact) mass is 247 g/mol. The summed E-state index contributed by atoms with van der Waals surface area (Å²) in [5.74, 6) is 0.461. The zero-order chi connectivity index (χ0) is 12.5. The molecule has 2 rings (SSSR count). The largest absolute Gasteiger partial charge is 0.456 e. The van der Waals surface area contributed by atoms with Crippen LogP contribution in [0.4, 0.5) is 0 Å². The molecule has 1 unspecified atom stereocenters. The highest BCUT2D eigenvalue weighted by Crippen LogP contribution is 2.33. The maximum absolute atomic E-state index is 5.65. The molecule has 0 N–H and O–H groups in total. The van der Waals surface area contributed by atoms with Crippen LogP contribution in [0.2, 0.25) is 19.6 Å². The Hall–Kier alpha value is -1.09. The molecule has 0 heterocycles. The van der Waals surface area contributed by atoms with Crippen LogP contribution in [-0.2, 0) is 10.9 Å². The smallest absolute Gasteiger partial charge is 0.278 e. The SMILES string of the molecule is CC(=NO[Si](C)(C)C)C1CCc2ccccc21. The Kier molecular flexibility index (Phi) is 3.38. The minimum absolute atomic E-state index is 0.461. The van der Waals surface area contributed by atoms with Gasteiger partial charge in [0, 0.05) is 5.92 Å². The second kappa shape index (κ2) is 4.65. The third kappa shape index (κ3) is 2.97. The van der Waals surface area contributed by atoms with Crippen molar-refractivity contribution in [2.24, 2.45) is 5.16 Å². The average Bonchev–Trinajstić information content (AvgIpc) is 2.68. The topological polar surface area (TPSA) is 21.6 Å². The molecular formula is C14H21NOSi. The van der Waals surface area contributed by atoms with Gasteiger partial charge < -0.3 is 4.53 Å².